The number of methoxy groups -OCH3 is 1. The van der Waals surface area contributed by atoms with Crippen molar-refractivity contribution >= 4 is 59.7 Å². The van der Waals surface area contributed by atoms with Gasteiger partial charge in [-0.15, -0.1) is 0 Å². The number of aliphatic hydroxyl groups is 2. The molecule has 15 atom stereocenters. The third-order valence-corrected chi connectivity index (χ3v) is 37.4. The number of hydrogen-bond donors (Lipinski definition) is 2. The number of cyclic esters (lactones) is 2. The van der Waals surface area contributed by atoms with Crippen LogP contribution >= 0.6 is 0 Å². The average molecular weight is 2020 g/mol. The minimum atomic E-state index is -0.687. The highest BCUT2D eigenvalue weighted by Gasteiger charge is 2.67. The number of carbonyl (C=O) groups is 10. The van der Waals surface area contributed by atoms with Crippen LogP contribution in [0.4, 0.5) is 0 Å². The maximum atomic E-state index is 12.6. The summed E-state index contributed by atoms with van der Waals surface area (Å²) >= 11 is 0. The minimum absolute atomic E-state index is 0. The second-order valence-electron chi connectivity index (χ2n) is 48.9. The van der Waals surface area contributed by atoms with Gasteiger partial charge in [0.2, 0.25) is 6.10 Å². The molecule has 3 aliphatic heterocycles. The van der Waals surface area contributed by atoms with Gasteiger partial charge < -0.3 is 57.6 Å². The molecule has 0 aromatic carbocycles. The largest absolute Gasteiger partial charge is 0.469 e. The fourth-order valence-corrected chi connectivity index (χ4v) is 27.7. The van der Waals surface area contributed by atoms with E-state index in [1.165, 1.54) is 103 Å². The first-order valence-corrected chi connectivity index (χ1v) is 51.2. The fourth-order valence-electron chi connectivity index (χ4n) is 27.7. The van der Waals surface area contributed by atoms with Gasteiger partial charge in [-0.3, -0.25) is 43.2 Å². The van der Waals surface area contributed by atoms with Crippen molar-refractivity contribution in [2.45, 2.75) is 539 Å². The number of carbonyl (C=O) groups excluding carboxylic acids is 10. The van der Waals surface area contributed by atoms with E-state index in [1.807, 2.05) is 111 Å². The summed E-state index contributed by atoms with van der Waals surface area (Å²) in [5, 5.41) is 21.3. The molecule has 0 spiro atoms. The number of hydrogen-bond acceptors (Lipinski definition) is 22. The van der Waals surface area contributed by atoms with Crippen LogP contribution in [0.3, 0.4) is 0 Å². The molecule has 15 unspecified atom stereocenters. The van der Waals surface area contributed by atoms with Crippen molar-refractivity contribution < 1.29 is 106 Å². The van der Waals surface area contributed by atoms with E-state index in [1.54, 1.807) is 13.8 Å². The monoisotopic (exact) mass is 2020 g/mol. The van der Waals surface area contributed by atoms with Gasteiger partial charge in [-0.25, -0.2) is 4.79 Å². The van der Waals surface area contributed by atoms with Crippen LogP contribution in [0.25, 0.3) is 0 Å². The Morgan fingerprint density at radius 2 is 0.732 bits per heavy atom. The molecular weight excluding hydrogens is 1790 g/mol. The molecule has 142 heavy (non-hydrogen) atoms. The van der Waals surface area contributed by atoms with E-state index in [4.69, 9.17) is 42.6 Å². The molecule has 0 aromatic heterocycles. The molecule has 22 heteroatoms. The second kappa shape index (κ2) is 53.9. The molecule has 0 amide bonds. The number of esters is 10. The van der Waals surface area contributed by atoms with Gasteiger partial charge >= 0.3 is 59.7 Å². The van der Waals surface area contributed by atoms with Crippen molar-refractivity contribution in [1.29, 1.82) is 0 Å². The average Bonchev–Trinajstić information content (AvgIpc) is 1.48. The normalized spacial score (nSPS) is 36.0. The van der Waals surface area contributed by atoms with Gasteiger partial charge in [0.05, 0.1) is 81.8 Å². The molecule has 3 saturated heterocycles. The van der Waals surface area contributed by atoms with Crippen LogP contribution < -0.4 is 0 Å². The lowest BCUT2D eigenvalue weighted by molar-refractivity contribution is -0.226. The maximum Gasteiger partial charge on any atom is 0.347 e. The van der Waals surface area contributed by atoms with E-state index < -0.39 is 44.9 Å². The second-order valence-corrected chi connectivity index (χ2v) is 48.9. The molecule has 3 heterocycles. The summed E-state index contributed by atoms with van der Waals surface area (Å²) in [5.74, 6) is 10.5. The topological polar surface area (TPSA) is 303 Å². The lowest BCUT2D eigenvalue weighted by atomic mass is 9.49. The molecule has 20 aliphatic carbocycles. The molecule has 20 bridgehead atoms. The van der Waals surface area contributed by atoms with Crippen molar-refractivity contribution in [3.63, 3.8) is 0 Å². The van der Waals surface area contributed by atoms with Gasteiger partial charge in [0.15, 0.2) is 0 Å². The smallest absolute Gasteiger partial charge is 0.347 e. The Morgan fingerprint density at radius 3 is 1.07 bits per heavy atom. The molecule has 22 nitrogen and oxygen atoms in total. The van der Waals surface area contributed by atoms with Gasteiger partial charge in [-0.1, -0.05) is 166 Å². The zero-order valence-corrected chi connectivity index (χ0v) is 83.2. The Balaban J connectivity index is -0.00000155. The zero-order valence-electron chi connectivity index (χ0n) is 83.2. The summed E-state index contributed by atoms with van der Waals surface area (Å²) in [4.78, 5) is 118. The summed E-state index contributed by atoms with van der Waals surface area (Å²) in [7, 11) is 1.41. The van der Waals surface area contributed by atoms with E-state index in [9.17, 15) is 58.2 Å². The van der Waals surface area contributed by atoms with Gasteiger partial charge in [-0.2, -0.15) is 0 Å². The predicted octanol–water partition coefficient (Wildman–Crippen LogP) is 29.4. The van der Waals surface area contributed by atoms with Crippen molar-refractivity contribution in [3.8, 4) is 0 Å². The van der Waals surface area contributed by atoms with Crippen molar-refractivity contribution in [2.75, 3.05) is 20.3 Å². The Bertz CT molecular complexity index is 3810. The maximum absolute atomic E-state index is 12.6. The van der Waals surface area contributed by atoms with Gasteiger partial charge in [0.25, 0.3) is 0 Å². The Morgan fingerprint density at radius 1 is 0.380 bits per heavy atom. The van der Waals surface area contributed by atoms with Crippen LogP contribution in [0.5, 0.6) is 0 Å². The minimum Gasteiger partial charge on any atom is -0.469 e. The van der Waals surface area contributed by atoms with Gasteiger partial charge in [-0.05, 0) is 385 Å². The highest BCUT2D eigenvalue weighted by Crippen LogP contribution is 2.65. The summed E-state index contributed by atoms with van der Waals surface area (Å²) < 4.78 is 54.7. The highest BCUT2D eigenvalue weighted by atomic mass is 16.6. The number of rotatable bonds is 21. The summed E-state index contributed by atoms with van der Waals surface area (Å²) in [6, 6.07) is 0. The first kappa shape index (κ1) is 141. The van der Waals surface area contributed by atoms with Crippen LogP contribution in [0.1, 0.15) is 487 Å². The summed E-state index contributed by atoms with van der Waals surface area (Å²) in [5.41, 5.74) is -4.60. The Labute approximate surface area is 871 Å². The van der Waals surface area contributed by atoms with Crippen molar-refractivity contribution in [1.82, 2.24) is 0 Å². The molecule has 20 saturated carbocycles. The SMILES string of the molecule is C.C.C.C.C.C.C.C.C.C.C.C.C.C.CCC(C)(C)C(=O)OC1(C)C2CC3CC(C2)CC1C3.CCC(C)(C)C(=O)OC1(CC)C2CC3CC(C2)CC1C3.CCC(C)(C)C(=O)OC12CC3CC(CC(O)(C3)C1)C2.CCC(C)(C)C(=O)OC12CC3CC(CC(O)(C3)C1)C2.CCC(C)(C)C(=O)OC1C2CC3C(=O)OC1C3C2.CCC(C)(C)C(=O)OC1CCOC1=O.CCC(C)C(=O)OC.O=C1OCC2C3CCC(C3)C12. The van der Waals surface area contributed by atoms with Gasteiger partial charge in [0, 0.05) is 37.0 Å². The third-order valence-electron chi connectivity index (χ3n) is 37.4. The van der Waals surface area contributed by atoms with Crippen LogP contribution in [0.2, 0.25) is 0 Å². The van der Waals surface area contributed by atoms with Crippen LogP contribution in [0, 0.1) is 151 Å². The first-order valence-electron chi connectivity index (χ1n) is 51.2. The van der Waals surface area contributed by atoms with Crippen LogP contribution in [-0.2, 0) is 95.3 Å². The van der Waals surface area contributed by atoms with E-state index in [2.05, 4.69) is 32.4 Å². The molecule has 2 N–H and O–H groups in total. The van der Waals surface area contributed by atoms with E-state index in [0.717, 1.165) is 145 Å². The number of fused-ring (bicyclic) bond motifs is 6. The Hall–Kier alpha value is -5.38. The molecule has 23 aliphatic rings. The van der Waals surface area contributed by atoms with Crippen molar-refractivity contribution in [2.24, 2.45) is 151 Å². The lowest BCUT2D eigenvalue weighted by Crippen LogP contribution is -2.61. The van der Waals surface area contributed by atoms with Crippen LogP contribution in [-0.4, -0.2) is 142 Å². The van der Waals surface area contributed by atoms with E-state index >= 15 is 0 Å². The molecule has 838 valence electrons. The summed E-state index contributed by atoms with van der Waals surface area (Å²) in [6.07, 6.45) is 36.4. The quantitative estimate of drug-likeness (QED) is 0.0797. The lowest BCUT2D eigenvalue weighted by Gasteiger charge is -2.60. The zero-order chi connectivity index (χ0) is 94.0. The first-order chi connectivity index (χ1) is 59.8. The third kappa shape index (κ3) is 29.9. The molecular formula is C120H226O22. The molecule has 23 rings (SSSR count). The predicted molar refractivity (Wildman–Crippen MR) is 578 cm³/mol. The summed E-state index contributed by atoms with van der Waals surface area (Å²) in [6.45, 7) is 44.7. The fraction of sp³-hybridized carbons (Fsp3) is 0.917. The Kier molecular flexibility index (Phi) is 53.4. The van der Waals surface area contributed by atoms with E-state index in [0.29, 0.717) is 109 Å². The number of ether oxygens (including phenoxy) is 10. The molecule has 23 fully saturated rings. The standard InChI is InChI=1S/C18H30O2.C17H28O2.2C16H26O3.C14H20O4.C10H16O4.C9H12O2.C6H12O2.14CH4/c1-5-17(3,4)16(19)20-18(6-2)14-8-12-7-13(10-14)11-15(18)9-12;1-5-16(2,3)15(18)19-17(4)13-7-11-6-12(9-13)10-14(17)8-11;2*1-4-14(2,3)13(17)19-16-8-11-5-12(9-16)7-15(18,6-11)10-16;1-4-14(2,3)13(16)18-10-7-5-8-9(6-7)12(15)17-11(8)10;1-4-10(2,3)9(12)14-7-5-6-13-8(7)11;10-9-8-6-2-1-5(3-6)7(8)4-11-9;1-4-5(2)6(7)8-3;;;;;;;;;;;;;;/h12-15H,5-11H2,1-4H3;11-14H,5-10H2,1-4H3;2*11-12,18H,4-10H2,1-3H3;7-11H,4-6H2,1-3H3;7H,4-6H2,1-3H3;5-8H,1-4H2;5H,4H2,1-3H3;14*1H4. The van der Waals surface area contributed by atoms with Crippen LogP contribution in [0.15, 0.2) is 0 Å². The molecule has 0 aromatic rings. The highest BCUT2D eigenvalue weighted by molar-refractivity contribution is 5.83. The van der Waals surface area contributed by atoms with Crippen molar-refractivity contribution in [3.05, 3.63) is 0 Å². The van der Waals surface area contributed by atoms with Gasteiger partial charge in [0.1, 0.15) is 34.6 Å². The van der Waals surface area contributed by atoms with E-state index in [-0.39, 0.29) is 215 Å². The molecule has 0 radical (unpaired) electrons.